The van der Waals surface area contributed by atoms with E-state index in [0.29, 0.717) is 19.4 Å². The second-order valence-electron chi connectivity index (χ2n) is 2.79. The third-order valence-corrected chi connectivity index (χ3v) is 4.94. The minimum absolute atomic E-state index is 0.393. The Morgan fingerprint density at radius 3 is 2.13 bits per heavy atom. The lowest BCUT2D eigenvalue weighted by molar-refractivity contribution is 0.222. The molecular weight excluding hydrogens is 231 g/mol. The summed E-state index contributed by atoms with van der Waals surface area (Å²) in [4.78, 5) is 1.07. The summed E-state index contributed by atoms with van der Waals surface area (Å²) in [6, 6.07) is 0. The van der Waals surface area contributed by atoms with E-state index in [9.17, 15) is 4.57 Å². The highest BCUT2D eigenvalue weighted by atomic mass is 32.2. The summed E-state index contributed by atoms with van der Waals surface area (Å²) in [7, 11) is -2.91. The van der Waals surface area contributed by atoms with Crippen LogP contribution in [0.5, 0.6) is 0 Å². The highest BCUT2D eigenvalue weighted by Crippen LogP contribution is 2.50. The van der Waals surface area contributed by atoms with Crippen LogP contribution in [-0.4, -0.2) is 25.1 Å². The van der Waals surface area contributed by atoms with Gasteiger partial charge in [0.15, 0.2) is 0 Å². The molecule has 3 nitrogen and oxygen atoms in total. The first-order chi connectivity index (χ1) is 7.11. The number of rotatable bonds is 8. The summed E-state index contributed by atoms with van der Waals surface area (Å²) in [5, 5.41) is 0. The Morgan fingerprint density at radius 2 is 1.80 bits per heavy atom. The molecule has 0 aliphatic heterocycles. The fourth-order valence-electron chi connectivity index (χ4n) is 1.12. The van der Waals surface area contributed by atoms with E-state index in [-0.39, 0.29) is 0 Å². The molecule has 0 bridgehead atoms. The molecule has 0 saturated heterocycles. The average molecular weight is 252 g/mol. The van der Waals surface area contributed by atoms with Crippen molar-refractivity contribution in [2.24, 2.45) is 0 Å². The van der Waals surface area contributed by atoms with Gasteiger partial charge in [-0.3, -0.25) is 4.57 Å². The predicted molar refractivity (Wildman–Crippen MR) is 67.6 cm³/mol. The first kappa shape index (κ1) is 15.2. The Bertz CT molecular complexity index is 231. The van der Waals surface area contributed by atoms with Crippen LogP contribution in [-0.2, 0) is 13.6 Å². The quantitative estimate of drug-likeness (QED) is 0.613. The molecule has 0 rings (SSSR count). The van der Waals surface area contributed by atoms with E-state index in [2.05, 4.69) is 6.92 Å². The van der Waals surface area contributed by atoms with Gasteiger partial charge in [0.05, 0.1) is 19.4 Å². The molecule has 0 aromatic carbocycles. The zero-order chi connectivity index (χ0) is 11.7. The zero-order valence-corrected chi connectivity index (χ0v) is 11.7. The minimum Gasteiger partial charge on any atom is -0.309 e. The Kier molecular flexibility index (Phi) is 8.53. The van der Waals surface area contributed by atoms with Crippen LogP contribution < -0.4 is 0 Å². The highest BCUT2D eigenvalue weighted by Gasteiger charge is 2.24. The highest BCUT2D eigenvalue weighted by molar-refractivity contribution is 8.03. The zero-order valence-electron chi connectivity index (χ0n) is 9.99. The van der Waals surface area contributed by atoms with Gasteiger partial charge in [0.2, 0.25) is 0 Å². The van der Waals surface area contributed by atoms with Crippen LogP contribution in [0.25, 0.3) is 0 Å². The molecule has 0 amide bonds. The van der Waals surface area contributed by atoms with Crippen LogP contribution in [0.1, 0.15) is 27.7 Å². The molecule has 0 saturated carbocycles. The lowest BCUT2D eigenvalue weighted by Gasteiger charge is -2.17. The van der Waals surface area contributed by atoms with Gasteiger partial charge in [-0.2, -0.15) is 0 Å². The summed E-state index contributed by atoms with van der Waals surface area (Å²) in [6.07, 6.45) is 2.36. The van der Waals surface area contributed by atoms with Crippen molar-refractivity contribution < 1.29 is 13.6 Å². The second-order valence-corrected chi connectivity index (χ2v) is 6.24. The van der Waals surface area contributed by atoms with E-state index >= 15 is 0 Å². The smallest absolute Gasteiger partial charge is 0.309 e. The second kappa shape index (κ2) is 8.40. The van der Waals surface area contributed by atoms with E-state index in [4.69, 9.17) is 9.05 Å². The predicted octanol–water partition coefficient (Wildman–Crippen LogP) is 3.91. The summed E-state index contributed by atoms with van der Waals surface area (Å²) < 4.78 is 22.6. The van der Waals surface area contributed by atoms with E-state index < -0.39 is 7.60 Å². The van der Waals surface area contributed by atoms with Crippen molar-refractivity contribution in [2.75, 3.05) is 25.1 Å². The van der Waals surface area contributed by atoms with Crippen molar-refractivity contribution in [3.63, 3.8) is 0 Å². The van der Waals surface area contributed by atoms with Crippen LogP contribution in [0.2, 0.25) is 0 Å². The number of allylic oxidation sites excluding steroid dienone is 2. The van der Waals surface area contributed by atoms with Gasteiger partial charge in [-0.05, 0) is 31.4 Å². The molecule has 0 spiro atoms. The molecule has 0 unspecified atom stereocenters. The van der Waals surface area contributed by atoms with Crippen molar-refractivity contribution in [1.29, 1.82) is 0 Å². The lowest BCUT2D eigenvalue weighted by Crippen LogP contribution is -2.01. The number of hydrogen-bond donors (Lipinski definition) is 0. The monoisotopic (exact) mass is 252 g/mol. The van der Waals surface area contributed by atoms with E-state index in [1.165, 1.54) is 0 Å². The van der Waals surface area contributed by atoms with Crippen molar-refractivity contribution in [1.82, 2.24) is 0 Å². The Labute approximate surface area is 97.1 Å². The number of hydrogen-bond acceptors (Lipinski definition) is 4. The third kappa shape index (κ3) is 6.41. The summed E-state index contributed by atoms with van der Waals surface area (Å²) in [6.45, 7) is 8.51. The van der Waals surface area contributed by atoms with Crippen LogP contribution in [0.4, 0.5) is 0 Å². The Morgan fingerprint density at radius 1 is 1.27 bits per heavy atom. The average Bonchev–Trinajstić information content (AvgIpc) is 2.17. The van der Waals surface area contributed by atoms with Crippen LogP contribution in [0.15, 0.2) is 11.0 Å². The van der Waals surface area contributed by atoms with Gasteiger partial charge < -0.3 is 9.05 Å². The van der Waals surface area contributed by atoms with Crippen molar-refractivity contribution in [2.45, 2.75) is 27.7 Å². The van der Waals surface area contributed by atoms with Crippen LogP contribution in [0.3, 0.4) is 0 Å². The van der Waals surface area contributed by atoms with Crippen molar-refractivity contribution in [3.8, 4) is 0 Å². The maximum absolute atomic E-state index is 12.2. The van der Waals surface area contributed by atoms with Gasteiger partial charge in [0.1, 0.15) is 0 Å². The third-order valence-electron chi connectivity index (χ3n) is 1.65. The first-order valence-electron chi connectivity index (χ1n) is 5.27. The van der Waals surface area contributed by atoms with E-state index in [0.717, 1.165) is 10.7 Å². The molecule has 0 aliphatic carbocycles. The summed E-state index contributed by atoms with van der Waals surface area (Å²) in [5.41, 5.74) is 0. The fraction of sp³-hybridized carbons (Fsp3) is 0.800. The molecule has 5 heteroatoms. The normalized spacial score (nSPS) is 13.2. The van der Waals surface area contributed by atoms with Crippen LogP contribution in [0, 0.1) is 0 Å². The molecule has 0 radical (unpaired) electrons. The minimum atomic E-state index is -2.91. The lowest BCUT2D eigenvalue weighted by atomic mass is 10.6. The molecule has 0 aromatic heterocycles. The number of thioether (sulfide) groups is 1. The first-order valence-corrected chi connectivity index (χ1v) is 7.99. The molecule has 0 atom stereocenters. The Balaban J connectivity index is 4.44. The standard InChI is InChI=1S/C10H21O3PS/c1-5-10(15-8-4)9-14(11,12-6-2)13-7-3/h5H,6-9H2,1-4H3. The molecule has 15 heavy (non-hydrogen) atoms. The molecule has 0 fully saturated rings. The van der Waals surface area contributed by atoms with Crippen LogP contribution >= 0.6 is 19.4 Å². The van der Waals surface area contributed by atoms with Gasteiger partial charge in [-0.25, -0.2) is 0 Å². The van der Waals surface area contributed by atoms with E-state index in [1.807, 2.05) is 26.8 Å². The topological polar surface area (TPSA) is 35.5 Å². The van der Waals surface area contributed by atoms with Gasteiger partial charge in [0.25, 0.3) is 0 Å². The molecule has 0 heterocycles. The SMILES string of the molecule is CC=C(CP(=O)(OCC)OCC)SCC. The molecule has 0 N–H and O–H groups in total. The molecule has 0 aliphatic rings. The molecule has 90 valence electrons. The Hall–Kier alpha value is 0.240. The van der Waals surface area contributed by atoms with Gasteiger partial charge in [-0.15, -0.1) is 11.8 Å². The van der Waals surface area contributed by atoms with E-state index in [1.54, 1.807) is 11.8 Å². The maximum Gasteiger partial charge on any atom is 0.335 e. The van der Waals surface area contributed by atoms with Crippen molar-refractivity contribution >= 4 is 19.4 Å². The van der Waals surface area contributed by atoms with Crippen molar-refractivity contribution in [3.05, 3.63) is 11.0 Å². The van der Waals surface area contributed by atoms with Gasteiger partial charge >= 0.3 is 7.60 Å². The molecule has 0 aromatic rings. The summed E-state index contributed by atoms with van der Waals surface area (Å²) in [5.74, 6) is 0.970. The molecular formula is C10H21O3PS. The van der Waals surface area contributed by atoms with Gasteiger partial charge in [-0.1, -0.05) is 13.0 Å². The summed E-state index contributed by atoms with van der Waals surface area (Å²) >= 11 is 1.68. The van der Waals surface area contributed by atoms with Gasteiger partial charge in [0, 0.05) is 0 Å². The largest absolute Gasteiger partial charge is 0.335 e. The fourth-order valence-corrected chi connectivity index (χ4v) is 4.10. The maximum atomic E-state index is 12.2.